The van der Waals surface area contributed by atoms with Crippen LogP contribution in [-0.4, -0.2) is 9.55 Å². The Morgan fingerprint density at radius 2 is 1.10 bits per heavy atom. The molecule has 390 valence electrons. The summed E-state index contributed by atoms with van der Waals surface area (Å²) in [6, 6.07) is 82.0. The van der Waals surface area contributed by atoms with Crippen molar-refractivity contribution in [3.63, 3.8) is 0 Å². The second-order valence-corrected chi connectivity index (χ2v) is 22.6. The number of ether oxygens (including phenoxy) is 1. The first-order chi connectivity index (χ1) is 38.3. The van der Waals surface area contributed by atoms with Gasteiger partial charge in [0.15, 0.2) is 0 Å². The summed E-state index contributed by atoms with van der Waals surface area (Å²) >= 11 is 0. The van der Waals surface area contributed by atoms with E-state index in [-0.39, 0.29) is 26.5 Å². The standard InChI is InChI=1S/C73H59N4O.Pt/c1-47-34-57(35-48(2)49(47)3)73(58-37-50-36-51(39-58)40-59(73)38-50)56-32-33-74-71(43-56)77-67-27-14-13-24-65(67)66-31-30-61(45-70(66)77)78-62-42-55(52-18-7-4-8-19-52)41-60(44-62)75-46-76(69-29-16-15-28-68(69)75)72-63(53-20-9-5-10-21-53)25-17-26-64(72)54-22-11-6-12-23-54;/h4-35,41-43,46,50-51,58-59H,36-40H2,1-3H3;/q-3;. The second kappa shape index (κ2) is 19.7. The second-order valence-electron chi connectivity index (χ2n) is 22.6. The number of benzene rings is 9. The van der Waals surface area contributed by atoms with Gasteiger partial charge in [0.1, 0.15) is 5.82 Å². The van der Waals surface area contributed by atoms with Gasteiger partial charge < -0.3 is 19.1 Å². The molecule has 4 fully saturated rings. The minimum absolute atomic E-state index is 0. The zero-order valence-electron chi connectivity index (χ0n) is 44.6. The molecule has 0 unspecified atom stereocenters. The topological polar surface area (TPSA) is 33.5 Å². The molecular weight excluding hydrogens is 1140 g/mol. The average molecular weight is 1200 g/mol. The number of nitrogens with zero attached hydrogens (tertiary/aromatic N) is 4. The molecule has 0 saturated heterocycles. The van der Waals surface area contributed by atoms with Gasteiger partial charge >= 0.3 is 0 Å². The number of para-hydroxylation sites is 4. The van der Waals surface area contributed by atoms with Gasteiger partial charge in [-0.05, 0) is 157 Å². The van der Waals surface area contributed by atoms with E-state index < -0.39 is 0 Å². The molecule has 6 heteroatoms. The minimum atomic E-state index is -0.0673. The van der Waals surface area contributed by atoms with Gasteiger partial charge in [-0.3, -0.25) is 0 Å². The van der Waals surface area contributed by atoms with Gasteiger partial charge in [0.25, 0.3) is 0 Å². The van der Waals surface area contributed by atoms with Crippen LogP contribution < -0.4 is 14.5 Å². The molecule has 0 amide bonds. The minimum Gasteiger partial charge on any atom is -0.509 e. The maximum atomic E-state index is 7.08. The van der Waals surface area contributed by atoms with E-state index in [1.54, 1.807) is 0 Å². The fourth-order valence-corrected chi connectivity index (χ4v) is 14.9. The van der Waals surface area contributed by atoms with Crippen molar-refractivity contribution in [1.29, 1.82) is 0 Å². The van der Waals surface area contributed by atoms with Gasteiger partial charge in [-0.1, -0.05) is 157 Å². The van der Waals surface area contributed by atoms with E-state index in [1.165, 1.54) is 59.9 Å². The number of rotatable bonds is 10. The van der Waals surface area contributed by atoms with Crippen LogP contribution in [0, 0.1) is 63.2 Å². The quantitative estimate of drug-likeness (QED) is 0.128. The van der Waals surface area contributed by atoms with Crippen molar-refractivity contribution in [2.75, 3.05) is 9.80 Å². The molecule has 11 aromatic rings. The molecule has 4 saturated carbocycles. The van der Waals surface area contributed by atoms with E-state index in [9.17, 15) is 0 Å². The van der Waals surface area contributed by atoms with Gasteiger partial charge in [0, 0.05) is 77.9 Å². The van der Waals surface area contributed by atoms with E-state index in [4.69, 9.17) is 9.72 Å². The molecule has 0 atom stereocenters. The molecule has 1 aliphatic heterocycles. The van der Waals surface area contributed by atoms with Crippen LogP contribution in [-0.2, 0) is 26.5 Å². The van der Waals surface area contributed by atoms with Crippen LogP contribution in [0.3, 0.4) is 0 Å². The van der Waals surface area contributed by atoms with Crippen LogP contribution in [0.4, 0.5) is 22.7 Å². The van der Waals surface area contributed by atoms with E-state index in [1.807, 2.05) is 0 Å². The molecule has 79 heavy (non-hydrogen) atoms. The fourth-order valence-electron chi connectivity index (χ4n) is 14.9. The summed E-state index contributed by atoms with van der Waals surface area (Å²) in [6.45, 7) is 9.12. The Kier molecular flexibility index (Phi) is 12.3. The van der Waals surface area contributed by atoms with Crippen molar-refractivity contribution < 1.29 is 25.8 Å². The number of pyridine rings is 1. The first kappa shape index (κ1) is 49.3. The molecule has 4 bridgehead atoms. The summed E-state index contributed by atoms with van der Waals surface area (Å²) in [5, 5.41) is 2.27. The molecule has 2 aromatic heterocycles. The number of hydrogen-bond donors (Lipinski definition) is 0. The Morgan fingerprint density at radius 1 is 0.506 bits per heavy atom. The van der Waals surface area contributed by atoms with Crippen LogP contribution in [0.5, 0.6) is 11.5 Å². The van der Waals surface area contributed by atoms with Crippen molar-refractivity contribution in [3.05, 3.63) is 259 Å². The molecule has 9 aromatic carbocycles. The first-order valence-corrected chi connectivity index (χ1v) is 27.9. The Balaban J connectivity index is 0.00000564. The average Bonchev–Trinajstić information content (AvgIpc) is 4.13. The zero-order valence-corrected chi connectivity index (χ0v) is 46.9. The zero-order chi connectivity index (χ0) is 52.1. The Labute approximate surface area is 478 Å². The monoisotopic (exact) mass is 1200 g/mol. The van der Waals surface area contributed by atoms with Crippen molar-refractivity contribution in [2.24, 2.45) is 23.7 Å². The molecule has 0 spiro atoms. The summed E-state index contributed by atoms with van der Waals surface area (Å²) in [6.07, 6.45) is 8.73. The summed E-state index contributed by atoms with van der Waals surface area (Å²) in [7, 11) is 0. The maximum Gasteiger partial charge on any atom is 0.135 e. The van der Waals surface area contributed by atoms with Crippen molar-refractivity contribution in [3.8, 4) is 50.7 Å². The van der Waals surface area contributed by atoms with Crippen LogP contribution >= 0.6 is 0 Å². The van der Waals surface area contributed by atoms with Crippen molar-refractivity contribution >= 4 is 44.6 Å². The molecule has 5 nitrogen and oxygen atoms in total. The van der Waals surface area contributed by atoms with Gasteiger partial charge in [-0.2, -0.15) is 6.07 Å². The Morgan fingerprint density at radius 3 is 1.76 bits per heavy atom. The molecule has 16 rings (SSSR count). The third-order valence-corrected chi connectivity index (χ3v) is 18.3. The largest absolute Gasteiger partial charge is 0.509 e. The molecule has 5 aliphatic rings. The fraction of sp³-hybridized carbons (Fsp3) is 0.178. The van der Waals surface area contributed by atoms with Crippen molar-refractivity contribution in [2.45, 2.75) is 58.3 Å². The summed E-state index contributed by atoms with van der Waals surface area (Å²) < 4.78 is 9.41. The van der Waals surface area contributed by atoms with Crippen LogP contribution in [0.15, 0.2) is 212 Å². The van der Waals surface area contributed by atoms with E-state index in [0.29, 0.717) is 23.3 Å². The van der Waals surface area contributed by atoms with Gasteiger partial charge in [-0.25, -0.2) is 4.98 Å². The predicted octanol–water partition coefficient (Wildman–Crippen LogP) is 18.6. The molecule has 3 heterocycles. The van der Waals surface area contributed by atoms with E-state index in [0.717, 1.165) is 95.6 Å². The molecule has 4 aliphatic carbocycles. The first-order valence-electron chi connectivity index (χ1n) is 27.9. The molecule has 0 N–H and O–H groups in total. The number of aryl methyl sites for hydroxylation is 2. The number of anilines is 4. The van der Waals surface area contributed by atoms with Crippen molar-refractivity contribution in [1.82, 2.24) is 9.55 Å². The number of aromatic nitrogens is 2. The van der Waals surface area contributed by atoms with Crippen LogP contribution in [0.25, 0.3) is 61.0 Å². The summed E-state index contributed by atoms with van der Waals surface area (Å²) in [4.78, 5) is 9.86. The third kappa shape index (κ3) is 8.18. The molecular formula is C73H59N4OPt-3. The number of fused-ring (bicyclic) bond motifs is 4. The van der Waals surface area contributed by atoms with Gasteiger partial charge in [0.2, 0.25) is 0 Å². The smallest absolute Gasteiger partial charge is 0.135 e. The van der Waals surface area contributed by atoms with Gasteiger partial charge in [-0.15, -0.1) is 53.6 Å². The Bertz CT molecular complexity index is 4000. The molecule has 0 radical (unpaired) electrons. The van der Waals surface area contributed by atoms with Gasteiger partial charge in [0.05, 0.1) is 0 Å². The van der Waals surface area contributed by atoms with Crippen LogP contribution in [0.2, 0.25) is 0 Å². The number of hydrogen-bond acceptors (Lipinski definition) is 4. The Hall–Kier alpha value is -7.98. The predicted molar refractivity (Wildman–Crippen MR) is 319 cm³/mol. The van der Waals surface area contributed by atoms with E-state index >= 15 is 0 Å². The third-order valence-electron chi connectivity index (χ3n) is 18.3. The SMILES string of the molecule is Cc1cc(C2(c3ccnc(-n4c5[c-]c(Oc6[c-]c(N7[CH-]N(c8c(-c9ccccc9)cccc8-c8ccccc8)c8ccccc87)cc(-c7ccccc7)c6)ccc5c5ccccc54)c3)C3CC4CC(C3)CC2C4)cc(C)c1C.[Pt]. The summed E-state index contributed by atoms with van der Waals surface area (Å²) in [5.41, 5.74) is 19.8. The van der Waals surface area contributed by atoms with E-state index in [2.05, 4.69) is 266 Å². The van der Waals surface area contributed by atoms with Crippen LogP contribution in [0.1, 0.15) is 59.9 Å². The maximum absolute atomic E-state index is 7.08. The normalized spacial score (nSPS) is 19.9. The summed E-state index contributed by atoms with van der Waals surface area (Å²) in [5.74, 6) is 5.01.